The lowest BCUT2D eigenvalue weighted by Gasteiger charge is -2.25. The van der Waals surface area contributed by atoms with Crippen molar-refractivity contribution in [2.45, 2.75) is 64.4 Å². The third kappa shape index (κ3) is 8.21. The van der Waals surface area contributed by atoms with Gasteiger partial charge in [0, 0.05) is 25.3 Å². The van der Waals surface area contributed by atoms with Crippen LogP contribution in [0.1, 0.15) is 44.1 Å². The Hall–Kier alpha value is -2.57. The summed E-state index contributed by atoms with van der Waals surface area (Å²) in [5.74, 6) is 1.64. The van der Waals surface area contributed by atoms with E-state index in [0.29, 0.717) is 18.7 Å². The van der Waals surface area contributed by atoms with Gasteiger partial charge in [0.15, 0.2) is 0 Å². The molecule has 3 aromatic rings. The van der Waals surface area contributed by atoms with Gasteiger partial charge in [0.1, 0.15) is 11.5 Å². The van der Waals surface area contributed by atoms with Crippen LogP contribution in [0.2, 0.25) is 6.82 Å². The van der Waals surface area contributed by atoms with Crippen LogP contribution in [0.25, 0.3) is 0 Å². The Bertz CT molecular complexity index is 1130. The van der Waals surface area contributed by atoms with Gasteiger partial charge in [-0.3, -0.25) is 0 Å². The molecule has 2 saturated heterocycles. The van der Waals surface area contributed by atoms with Gasteiger partial charge in [0.25, 0.3) is 0 Å². The molecule has 2 aliphatic heterocycles. The summed E-state index contributed by atoms with van der Waals surface area (Å²) in [6.07, 6.45) is 7.47. The maximum absolute atomic E-state index is 6.53. The number of benzene rings is 3. The maximum atomic E-state index is 6.53. The van der Waals surface area contributed by atoms with Gasteiger partial charge in [-0.05, 0) is 86.4 Å². The molecule has 0 aromatic heterocycles. The summed E-state index contributed by atoms with van der Waals surface area (Å²) in [5.41, 5.74) is 4.73. The zero-order valence-electron chi connectivity index (χ0n) is 23.5. The minimum atomic E-state index is -0.104. The Labute approximate surface area is 235 Å². The van der Waals surface area contributed by atoms with Crippen LogP contribution in [-0.4, -0.2) is 52.2 Å². The molecule has 0 bridgehead atoms. The molecule has 0 amide bonds. The van der Waals surface area contributed by atoms with E-state index in [4.69, 9.17) is 14.0 Å². The molecule has 2 heterocycles. The van der Waals surface area contributed by atoms with Crippen LogP contribution in [0.15, 0.2) is 72.8 Å². The average Bonchev–Trinajstić information content (AvgIpc) is 2.99. The van der Waals surface area contributed by atoms with Crippen LogP contribution >= 0.6 is 0 Å². The molecule has 5 nitrogen and oxygen atoms in total. The van der Waals surface area contributed by atoms with Crippen LogP contribution in [-0.2, 0) is 9.31 Å². The molecule has 2 fully saturated rings. The van der Waals surface area contributed by atoms with Crippen molar-refractivity contribution < 1.29 is 14.0 Å². The van der Waals surface area contributed by atoms with E-state index < -0.39 is 0 Å². The first-order chi connectivity index (χ1) is 19.1. The molecule has 0 saturated carbocycles. The zero-order valence-corrected chi connectivity index (χ0v) is 23.5. The van der Waals surface area contributed by atoms with Crippen LogP contribution in [0.4, 0.5) is 0 Å². The monoisotopic (exact) mass is 524 g/mol. The molecule has 0 radical (unpaired) electrons. The highest BCUT2D eigenvalue weighted by atomic mass is 16.5. The van der Waals surface area contributed by atoms with Crippen LogP contribution in [0.3, 0.4) is 0 Å². The van der Waals surface area contributed by atoms with E-state index in [1.54, 1.807) is 0 Å². The fraction of sp³-hybridized carbons (Fsp3) is 0.438. The second kappa shape index (κ2) is 14.2. The largest absolute Gasteiger partial charge is 0.457 e. The molecule has 204 valence electrons. The van der Waals surface area contributed by atoms with Crippen LogP contribution < -0.4 is 31.8 Å². The Kier molecular flexibility index (Phi) is 10.2. The molecule has 3 aromatic carbocycles. The first-order valence-corrected chi connectivity index (χ1v) is 14.8. The van der Waals surface area contributed by atoms with E-state index in [9.17, 15) is 0 Å². The minimum Gasteiger partial charge on any atom is -0.457 e. The molecular weight excluding hydrogens is 482 g/mol. The minimum absolute atomic E-state index is 0.0598. The number of piperidine rings is 2. The van der Waals surface area contributed by atoms with E-state index in [1.807, 2.05) is 24.3 Å². The number of ether oxygens (including phenoxy) is 1. The van der Waals surface area contributed by atoms with Crippen molar-refractivity contribution in [2.75, 3.05) is 26.3 Å². The van der Waals surface area contributed by atoms with Crippen molar-refractivity contribution in [3.63, 3.8) is 0 Å². The van der Waals surface area contributed by atoms with Crippen molar-refractivity contribution in [1.29, 1.82) is 0 Å². The molecule has 2 aliphatic rings. The van der Waals surface area contributed by atoms with Crippen LogP contribution in [0, 0.1) is 6.92 Å². The summed E-state index contributed by atoms with van der Waals surface area (Å²) in [6.45, 7) is 7.85. The van der Waals surface area contributed by atoms with Gasteiger partial charge in [0.05, 0.1) is 0 Å². The number of rotatable bonds is 11. The lowest BCUT2D eigenvalue weighted by Crippen LogP contribution is -2.48. The second-order valence-corrected chi connectivity index (χ2v) is 11.1. The second-order valence-electron chi connectivity index (χ2n) is 11.1. The van der Waals surface area contributed by atoms with Crippen molar-refractivity contribution in [3.05, 3.63) is 78.4 Å². The standard InChI is InChI=1S/C32H42B2N2O3/c1-25-9-11-27(12-10-25)34(38-24-30-8-4-6-22-36-30)28-15-19-32(20-16-28)39-31-17-13-26(14-18-31)33(2)37-23-29-7-3-5-21-35-29/h9-20,29-30,35-36H,3-8,21-24H2,1-2H3. The molecule has 0 aliphatic carbocycles. The van der Waals surface area contributed by atoms with Crippen molar-refractivity contribution in [2.24, 2.45) is 0 Å². The summed E-state index contributed by atoms with van der Waals surface area (Å²) < 4.78 is 18.8. The third-order valence-corrected chi connectivity index (χ3v) is 7.98. The Morgan fingerprint density at radius 3 is 1.64 bits per heavy atom. The van der Waals surface area contributed by atoms with Crippen molar-refractivity contribution >= 4 is 30.2 Å². The van der Waals surface area contributed by atoms with Crippen molar-refractivity contribution in [3.8, 4) is 11.5 Å². The third-order valence-electron chi connectivity index (χ3n) is 7.98. The number of hydrogen-bond acceptors (Lipinski definition) is 5. The predicted octanol–water partition coefficient (Wildman–Crippen LogP) is 4.04. The van der Waals surface area contributed by atoms with Crippen molar-refractivity contribution in [1.82, 2.24) is 10.6 Å². The quantitative estimate of drug-likeness (QED) is 0.371. The number of aryl methyl sites for hydroxylation is 1. The highest BCUT2D eigenvalue weighted by Gasteiger charge is 2.24. The zero-order chi connectivity index (χ0) is 26.9. The highest BCUT2D eigenvalue weighted by molar-refractivity contribution is 6.80. The summed E-state index contributed by atoms with van der Waals surface area (Å²) in [5, 5.41) is 7.15. The highest BCUT2D eigenvalue weighted by Crippen LogP contribution is 2.20. The van der Waals surface area contributed by atoms with Gasteiger partial charge < -0.3 is 24.7 Å². The first kappa shape index (κ1) is 28.0. The van der Waals surface area contributed by atoms with Gasteiger partial charge >= 0.3 is 13.8 Å². The van der Waals surface area contributed by atoms with Gasteiger partial charge in [-0.1, -0.05) is 73.8 Å². The Morgan fingerprint density at radius 1 is 0.641 bits per heavy atom. The Morgan fingerprint density at radius 2 is 1.13 bits per heavy atom. The summed E-state index contributed by atoms with van der Waals surface area (Å²) in [7, 11) is 0. The normalized spacial score (nSPS) is 19.4. The molecule has 2 unspecified atom stereocenters. The fourth-order valence-electron chi connectivity index (χ4n) is 5.48. The van der Waals surface area contributed by atoms with E-state index in [-0.39, 0.29) is 13.8 Å². The SMILES string of the molecule is CB(OCC1CCCCN1)c1ccc(Oc2ccc(B(OCC3CCCCN3)c3ccc(C)cc3)cc2)cc1. The van der Waals surface area contributed by atoms with Gasteiger partial charge in [-0.15, -0.1) is 0 Å². The smallest absolute Gasteiger partial charge is 0.361 e. The van der Waals surface area contributed by atoms with E-state index in [0.717, 1.165) is 36.7 Å². The predicted molar refractivity (Wildman–Crippen MR) is 164 cm³/mol. The number of hydrogen-bond donors (Lipinski definition) is 2. The maximum Gasteiger partial charge on any atom is 0.361 e. The fourth-order valence-corrected chi connectivity index (χ4v) is 5.48. The lowest BCUT2D eigenvalue weighted by atomic mass is 9.55. The number of nitrogens with one attached hydrogen (secondary N) is 2. The molecular formula is C32H42B2N2O3. The van der Waals surface area contributed by atoms with E-state index in [1.165, 1.54) is 55.0 Å². The van der Waals surface area contributed by atoms with Gasteiger partial charge in [-0.2, -0.15) is 0 Å². The molecule has 39 heavy (non-hydrogen) atoms. The molecule has 7 heteroatoms. The summed E-state index contributed by atoms with van der Waals surface area (Å²) in [4.78, 5) is 0. The van der Waals surface area contributed by atoms with E-state index >= 15 is 0 Å². The molecule has 0 spiro atoms. The summed E-state index contributed by atoms with van der Waals surface area (Å²) >= 11 is 0. The van der Waals surface area contributed by atoms with Crippen LogP contribution in [0.5, 0.6) is 11.5 Å². The molecule has 2 atom stereocenters. The van der Waals surface area contributed by atoms with Gasteiger partial charge in [-0.25, -0.2) is 0 Å². The molecule has 2 N–H and O–H groups in total. The lowest BCUT2D eigenvalue weighted by molar-refractivity contribution is 0.244. The van der Waals surface area contributed by atoms with E-state index in [2.05, 4.69) is 72.9 Å². The first-order valence-electron chi connectivity index (χ1n) is 14.8. The van der Waals surface area contributed by atoms with Gasteiger partial charge in [0.2, 0.25) is 0 Å². The Balaban J connectivity index is 1.19. The molecule has 5 rings (SSSR count). The topological polar surface area (TPSA) is 51.8 Å². The average molecular weight is 524 g/mol. The summed E-state index contributed by atoms with van der Waals surface area (Å²) in [6, 6.07) is 26.1.